The number of hydrogen-bond acceptors (Lipinski definition) is 7. The Morgan fingerprint density at radius 2 is 1.92 bits per heavy atom. The van der Waals surface area contributed by atoms with Gasteiger partial charge in [0.15, 0.2) is 0 Å². The van der Waals surface area contributed by atoms with Crippen molar-refractivity contribution in [1.82, 2.24) is 14.9 Å². The van der Waals surface area contributed by atoms with Gasteiger partial charge in [-0.3, -0.25) is 9.69 Å². The number of hydrogen-bond donors (Lipinski definition) is 3. The molecule has 1 aliphatic rings. The lowest BCUT2D eigenvalue weighted by Crippen LogP contribution is -2.31. The second-order valence-corrected chi connectivity index (χ2v) is 9.35. The number of carbonyl (C=O) groups excluding carboxylic acids is 1. The summed E-state index contributed by atoms with van der Waals surface area (Å²) in [4.78, 5) is 35.6. The molecule has 0 spiro atoms. The van der Waals surface area contributed by atoms with E-state index in [0.29, 0.717) is 34.4 Å². The lowest BCUT2D eigenvalue weighted by atomic mass is 9.80. The molecule has 1 aliphatic heterocycles. The van der Waals surface area contributed by atoms with Crippen LogP contribution in [0.2, 0.25) is 0 Å². The molecule has 0 bridgehead atoms. The maximum Gasteiger partial charge on any atom is 0.488 e. The van der Waals surface area contributed by atoms with Crippen LogP contribution in [-0.2, 0) is 11.3 Å². The number of nitrogens with one attached hydrogen (secondary N) is 1. The lowest BCUT2D eigenvalue weighted by Gasteiger charge is -2.22. The SMILES string of the molecule is O=C(OCc1ccccc1)N1CCC[C@H]1c1ncc(-c2ccc3oc4cc(B(O)O)ccc4c(=O)c3c2)[nH]1. The molecular weight excluding hydrogens is 485 g/mol. The predicted molar refractivity (Wildman–Crippen MR) is 143 cm³/mol. The molecule has 3 heterocycles. The number of ether oxygens (including phenoxy) is 1. The van der Waals surface area contributed by atoms with E-state index in [1.54, 1.807) is 23.2 Å². The average molecular weight is 509 g/mol. The van der Waals surface area contributed by atoms with Crippen LogP contribution in [0.3, 0.4) is 0 Å². The van der Waals surface area contributed by atoms with Crippen molar-refractivity contribution in [2.45, 2.75) is 25.5 Å². The van der Waals surface area contributed by atoms with Crippen molar-refractivity contribution in [3.8, 4) is 11.3 Å². The number of carbonyl (C=O) groups is 1. The van der Waals surface area contributed by atoms with Gasteiger partial charge in [0.05, 0.1) is 28.7 Å². The Morgan fingerprint density at radius 1 is 1.08 bits per heavy atom. The Hall–Kier alpha value is -4.41. The van der Waals surface area contributed by atoms with Crippen molar-refractivity contribution in [1.29, 1.82) is 0 Å². The van der Waals surface area contributed by atoms with Crippen LogP contribution in [0, 0.1) is 0 Å². The van der Waals surface area contributed by atoms with Crippen molar-refractivity contribution in [3.05, 3.63) is 94.5 Å². The number of amides is 1. The van der Waals surface area contributed by atoms with Gasteiger partial charge in [0.2, 0.25) is 5.43 Å². The van der Waals surface area contributed by atoms with Crippen LogP contribution in [0.5, 0.6) is 0 Å². The van der Waals surface area contributed by atoms with Crippen molar-refractivity contribution >= 4 is 40.6 Å². The van der Waals surface area contributed by atoms with E-state index in [1.165, 1.54) is 18.2 Å². The molecule has 6 rings (SSSR count). The Kier molecular flexibility index (Phi) is 6.19. The third-order valence-corrected chi connectivity index (χ3v) is 6.91. The smallest absolute Gasteiger partial charge is 0.456 e. The summed E-state index contributed by atoms with van der Waals surface area (Å²) < 4.78 is 11.4. The minimum Gasteiger partial charge on any atom is -0.456 e. The van der Waals surface area contributed by atoms with Gasteiger partial charge in [0, 0.05) is 12.1 Å². The van der Waals surface area contributed by atoms with Crippen molar-refractivity contribution in [3.63, 3.8) is 0 Å². The van der Waals surface area contributed by atoms with E-state index < -0.39 is 7.12 Å². The molecular formula is C28H24BN3O6. The normalized spacial score (nSPS) is 15.3. The first-order chi connectivity index (χ1) is 18.5. The van der Waals surface area contributed by atoms with E-state index in [-0.39, 0.29) is 35.2 Å². The van der Waals surface area contributed by atoms with Gasteiger partial charge in [-0.25, -0.2) is 9.78 Å². The highest BCUT2D eigenvalue weighted by Crippen LogP contribution is 2.32. The van der Waals surface area contributed by atoms with Crippen LogP contribution in [0.25, 0.3) is 33.2 Å². The summed E-state index contributed by atoms with van der Waals surface area (Å²) >= 11 is 0. The largest absolute Gasteiger partial charge is 0.488 e. The van der Waals surface area contributed by atoms with Gasteiger partial charge in [0.25, 0.3) is 0 Å². The molecule has 1 saturated heterocycles. The van der Waals surface area contributed by atoms with E-state index in [2.05, 4.69) is 9.97 Å². The van der Waals surface area contributed by atoms with Crippen LogP contribution >= 0.6 is 0 Å². The maximum absolute atomic E-state index is 13.2. The summed E-state index contributed by atoms with van der Waals surface area (Å²) in [6.45, 7) is 0.802. The first kappa shape index (κ1) is 24.0. The first-order valence-electron chi connectivity index (χ1n) is 12.4. The monoisotopic (exact) mass is 509 g/mol. The lowest BCUT2D eigenvalue weighted by molar-refractivity contribution is 0.0910. The van der Waals surface area contributed by atoms with Crippen LogP contribution < -0.4 is 10.9 Å². The standard InChI is InChI=1S/C28H24BN3O6/c33-26-20-10-9-19(29(35)36)14-25(20)38-24-11-8-18(13-21(24)26)22-15-30-27(31-22)23-7-4-12-32(23)28(34)37-16-17-5-2-1-3-6-17/h1-3,5-6,8-11,13-15,23,35-36H,4,7,12,16H2,(H,30,31)/t23-/m0/s1. The number of nitrogens with zero attached hydrogens (tertiary/aromatic N) is 2. The zero-order valence-corrected chi connectivity index (χ0v) is 20.3. The summed E-state index contributed by atoms with van der Waals surface area (Å²) in [5.74, 6) is 0.662. The molecule has 5 aromatic rings. The van der Waals surface area contributed by atoms with Gasteiger partial charge >= 0.3 is 13.2 Å². The number of likely N-dealkylation sites (tertiary alicyclic amines) is 1. The fourth-order valence-electron chi connectivity index (χ4n) is 4.92. The van der Waals surface area contributed by atoms with E-state index in [4.69, 9.17) is 9.15 Å². The highest BCUT2D eigenvalue weighted by atomic mass is 16.6. The summed E-state index contributed by atoms with van der Waals surface area (Å²) in [6.07, 6.45) is 2.94. The van der Waals surface area contributed by atoms with Crippen LogP contribution in [0.15, 0.2) is 82.1 Å². The molecule has 38 heavy (non-hydrogen) atoms. The second-order valence-electron chi connectivity index (χ2n) is 9.35. The van der Waals surface area contributed by atoms with Crippen molar-refractivity contribution < 1.29 is 24.0 Å². The molecule has 1 fully saturated rings. The molecule has 0 aliphatic carbocycles. The number of aromatic nitrogens is 2. The van der Waals surface area contributed by atoms with E-state index in [1.807, 2.05) is 36.4 Å². The molecule has 3 aromatic carbocycles. The molecule has 0 unspecified atom stereocenters. The highest BCUT2D eigenvalue weighted by molar-refractivity contribution is 6.58. The van der Waals surface area contributed by atoms with Crippen LogP contribution in [0.4, 0.5) is 4.79 Å². The number of H-pyrrole nitrogens is 1. The molecule has 1 amide bonds. The Morgan fingerprint density at radius 3 is 2.74 bits per heavy atom. The molecule has 3 N–H and O–H groups in total. The summed E-state index contributed by atoms with van der Waals surface area (Å²) in [5.41, 5.74) is 3.09. The number of benzene rings is 3. The summed E-state index contributed by atoms with van der Waals surface area (Å²) in [6, 6.07) is 19.1. The summed E-state index contributed by atoms with van der Waals surface area (Å²) in [7, 11) is -1.65. The minimum atomic E-state index is -1.65. The minimum absolute atomic E-state index is 0.211. The zero-order chi connectivity index (χ0) is 26.2. The molecule has 10 heteroatoms. The van der Waals surface area contributed by atoms with Crippen molar-refractivity contribution in [2.24, 2.45) is 0 Å². The number of aromatic amines is 1. The fraction of sp³-hybridized carbons (Fsp3) is 0.179. The quantitative estimate of drug-likeness (QED) is 0.244. The maximum atomic E-state index is 13.2. The van der Waals surface area contributed by atoms with Crippen molar-refractivity contribution in [2.75, 3.05) is 6.54 Å². The Balaban J connectivity index is 1.25. The molecule has 2 aromatic heterocycles. The van der Waals surface area contributed by atoms with E-state index >= 15 is 0 Å². The molecule has 0 saturated carbocycles. The topological polar surface area (TPSA) is 129 Å². The Bertz CT molecular complexity index is 1700. The first-order valence-corrected chi connectivity index (χ1v) is 12.4. The third kappa shape index (κ3) is 4.44. The van der Waals surface area contributed by atoms with E-state index in [9.17, 15) is 19.6 Å². The highest BCUT2D eigenvalue weighted by Gasteiger charge is 2.33. The molecule has 190 valence electrons. The number of fused-ring (bicyclic) bond motifs is 2. The van der Waals surface area contributed by atoms with Gasteiger partial charge < -0.3 is 24.2 Å². The van der Waals surface area contributed by atoms with Gasteiger partial charge in [-0.1, -0.05) is 36.4 Å². The van der Waals surface area contributed by atoms with Gasteiger partial charge in [0.1, 0.15) is 23.6 Å². The van der Waals surface area contributed by atoms with E-state index in [0.717, 1.165) is 24.0 Å². The molecule has 9 nitrogen and oxygen atoms in total. The Labute approximate surface area is 217 Å². The predicted octanol–water partition coefficient (Wildman–Crippen LogP) is 3.49. The zero-order valence-electron chi connectivity index (χ0n) is 20.3. The number of imidazole rings is 1. The summed E-state index contributed by atoms with van der Waals surface area (Å²) in [5, 5.41) is 19.6. The van der Waals surface area contributed by atoms with Crippen LogP contribution in [-0.4, -0.2) is 44.7 Å². The molecule has 1 atom stereocenters. The van der Waals surface area contributed by atoms with Crippen LogP contribution in [0.1, 0.15) is 30.3 Å². The molecule has 0 radical (unpaired) electrons. The van der Waals surface area contributed by atoms with Gasteiger partial charge in [-0.05, 0) is 54.2 Å². The third-order valence-electron chi connectivity index (χ3n) is 6.91. The average Bonchev–Trinajstić information content (AvgIpc) is 3.62. The van der Waals surface area contributed by atoms with Gasteiger partial charge in [-0.2, -0.15) is 0 Å². The number of rotatable bonds is 5. The van der Waals surface area contributed by atoms with Gasteiger partial charge in [-0.15, -0.1) is 0 Å². The fourth-order valence-corrected chi connectivity index (χ4v) is 4.92. The second kappa shape index (κ2) is 9.81.